The van der Waals surface area contributed by atoms with Gasteiger partial charge in [-0.25, -0.2) is 4.79 Å². The van der Waals surface area contributed by atoms with E-state index in [9.17, 15) is 4.79 Å². The Bertz CT molecular complexity index is 538. The Labute approximate surface area is 121 Å². The summed E-state index contributed by atoms with van der Waals surface area (Å²) in [5.74, 6) is -0.645. The zero-order valence-corrected chi connectivity index (χ0v) is 12.1. The predicted molar refractivity (Wildman–Crippen MR) is 77.9 cm³/mol. The fraction of sp³-hybridized carbons (Fsp3) is 0.231. The van der Waals surface area contributed by atoms with Crippen molar-refractivity contribution < 1.29 is 9.53 Å². The number of benzene rings is 1. The minimum Gasteiger partial charge on any atom is -0.462 e. The summed E-state index contributed by atoms with van der Waals surface area (Å²) in [5.41, 5.74) is 0.569. The Balaban J connectivity index is 3.08. The Kier molecular flexibility index (Phi) is 6.26. The fourth-order valence-electron chi connectivity index (χ4n) is 1.29. The predicted octanol–water partition coefficient (Wildman–Crippen LogP) is 3.41. The molecule has 0 saturated carbocycles. The molecular weight excluding hydrogens is 284 g/mol. The molecule has 1 aromatic rings. The number of anilines is 1. The molecule has 4 nitrogen and oxygen atoms in total. The van der Waals surface area contributed by atoms with Crippen molar-refractivity contribution >= 4 is 35.0 Å². The molecule has 0 aliphatic heterocycles. The Morgan fingerprint density at radius 1 is 1.53 bits per heavy atom. The lowest BCUT2D eigenvalue weighted by atomic mass is 10.3. The van der Waals surface area contributed by atoms with Crippen LogP contribution in [0.4, 0.5) is 5.69 Å². The minimum absolute atomic E-state index is 0.0609. The molecule has 19 heavy (non-hydrogen) atoms. The second kappa shape index (κ2) is 7.72. The van der Waals surface area contributed by atoms with Crippen molar-refractivity contribution in [1.82, 2.24) is 0 Å². The molecule has 6 heteroatoms. The van der Waals surface area contributed by atoms with Gasteiger partial charge in [0.05, 0.1) is 22.3 Å². The molecule has 0 fully saturated rings. The number of hydrogen-bond acceptors (Lipinski definition) is 5. The summed E-state index contributed by atoms with van der Waals surface area (Å²) >= 11 is 7.27. The standard InChI is InChI=1S/C13H13ClN2O2S/c1-3-18-13(17)9(8-15)12(19-2)16-11-7-5-4-6-10(11)14/h4-7,16H,3H2,1-2H3/b12-9-. The molecule has 0 unspecified atom stereocenters. The molecular formula is C13H13ClN2O2S. The number of hydrogen-bond donors (Lipinski definition) is 1. The highest BCUT2D eigenvalue weighted by Crippen LogP contribution is 2.26. The van der Waals surface area contributed by atoms with Crippen LogP contribution in [-0.2, 0) is 9.53 Å². The van der Waals surface area contributed by atoms with Gasteiger partial charge in [0.25, 0.3) is 0 Å². The van der Waals surface area contributed by atoms with Gasteiger partial charge < -0.3 is 10.1 Å². The van der Waals surface area contributed by atoms with Gasteiger partial charge in [-0.05, 0) is 25.3 Å². The maximum absolute atomic E-state index is 11.7. The summed E-state index contributed by atoms with van der Waals surface area (Å²) in [6.07, 6.45) is 1.76. The second-order valence-corrected chi connectivity index (χ2v) is 4.57. The van der Waals surface area contributed by atoms with Crippen molar-refractivity contribution in [3.8, 4) is 6.07 Å². The molecule has 0 amide bonds. The first-order chi connectivity index (χ1) is 9.13. The quantitative estimate of drug-likeness (QED) is 0.512. The number of nitriles is 1. The van der Waals surface area contributed by atoms with E-state index in [0.717, 1.165) is 0 Å². The molecule has 1 rings (SSSR count). The van der Waals surface area contributed by atoms with Gasteiger partial charge in [0.2, 0.25) is 0 Å². The van der Waals surface area contributed by atoms with Crippen LogP contribution in [-0.4, -0.2) is 18.8 Å². The van der Waals surface area contributed by atoms with E-state index in [1.54, 1.807) is 31.4 Å². The maximum Gasteiger partial charge on any atom is 0.351 e. The van der Waals surface area contributed by atoms with E-state index in [-0.39, 0.29) is 12.2 Å². The molecule has 100 valence electrons. The van der Waals surface area contributed by atoms with Crippen LogP contribution in [0.2, 0.25) is 5.02 Å². The fourth-order valence-corrected chi connectivity index (χ4v) is 2.02. The van der Waals surface area contributed by atoms with E-state index < -0.39 is 5.97 Å². The largest absolute Gasteiger partial charge is 0.462 e. The number of carbonyl (C=O) groups is 1. The molecule has 1 aromatic carbocycles. The minimum atomic E-state index is -0.645. The number of nitrogens with one attached hydrogen (secondary N) is 1. The van der Waals surface area contributed by atoms with Gasteiger partial charge in [-0.3, -0.25) is 0 Å². The second-order valence-electron chi connectivity index (χ2n) is 3.35. The van der Waals surface area contributed by atoms with Crippen molar-refractivity contribution in [2.24, 2.45) is 0 Å². The smallest absolute Gasteiger partial charge is 0.351 e. The van der Waals surface area contributed by atoms with Crippen LogP contribution in [0.3, 0.4) is 0 Å². The Hall–Kier alpha value is -1.64. The first kappa shape index (κ1) is 15.4. The molecule has 0 aliphatic carbocycles. The van der Waals surface area contributed by atoms with Gasteiger partial charge in [0, 0.05) is 0 Å². The number of rotatable bonds is 5. The highest BCUT2D eigenvalue weighted by Gasteiger charge is 2.17. The lowest BCUT2D eigenvalue weighted by molar-refractivity contribution is -0.138. The van der Waals surface area contributed by atoms with E-state index in [1.165, 1.54) is 11.8 Å². The maximum atomic E-state index is 11.7. The van der Waals surface area contributed by atoms with Crippen LogP contribution >= 0.6 is 23.4 Å². The van der Waals surface area contributed by atoms with E-state index in [2.05, 4.69) is 5.32 Å². The summed E-state index contributed by atoms with van der Waals surface area (Å²) in [4.78, 5) is 11.7. The number of halogens is 1. The van der Waals surface area contributed by atoms with E-state index >= 15 is 0 Å². The summed E-state index contributed by atoms with van der Waals surface area (Å²) < 4.78 is 4.84. The Morgan fingerprint density at radius 3 is 2.74 bits per heavy atom. The third-order valence-corrected chi connectivity index (χ3v) is 3.19. The molecule has 0 saturated heterocycles. The molecule has 0 bridgehead atoms. The van der Waals surface area contributed by atoms with Gasteiger partial charge in [-0.15, -0.1) is 11.8 Å². The van der Waals surface area contributed by atoms with Crippen molar-refractivity contribution in [3.63, 3.8) is 0 Å². The molecule has 0 radical (unpaired) electrons. The topological polar surface area (TPSA) is 62.1 Å². The van der Waals surface area contributed by atoms with Gasteiger partial charge >= 0.3 is 5.97 Å². The lowest BCUT2D eigenvalue weighted by Gasteiger charge is -2.11. The van der Waals surface area contributed by atoms with Gasteiger partial charge in [0.15, 0.2) is 5.57 Å². The highest BCUT2D eigenvalue weighted by atomic mass is 35.5. The van der Waals surface area contributed by atoms with E-state index in [0.29, 0.717) is 15.7 Å². The average molecular weight is 297 g/mol. The van der Waals surface area contributed by atoms with Crippen LogP contribution in [0.5, 0.6) is 0 Å². The van der Waals surface area contributed by atoms with Crippen molar-refractivity contribution in [2.75, 3.05) is 18.2 Å². The summed E-state index contributed by atoms with van der Waals surface area (Å²) in [6.45, 7) is 1.91. The summed E-state index contributed by atoms with van der Waals surface area (Å²) in [6, 6.07) is 8.95. The molecule has 1 N–H and O–H groups in total. The third kappa shape index (κ3) is 4.19. The van der Waals surface area contributed by atoms with Crippen molar-refractivity contribution in [3.05, 3.63) is 39.9 Å². The van der Waals surface area contributed by atoms with Crippen LogP contribution in [0, 0.1) is 11.3 Å². The number of ether oxygens (including phenoxy) is 1. The van der Waals surface area contributed by atoms with Gasteiger partial charge in [-0.1, -0.05) is 23.7 Å². The van der Waals surface area contributed by atoms with Crippen LogP contribution in [0.15, 0.2) is 34.9 Å². The van der Waals surface area contributed by atoms with Crippen LogP contribution in [0.25, 0.3) is 0 Å². The first-order valence-electron chi connectivity index (χ1n) is 5.51. The molecule has 0 aromatic heterocycles. The average Bonchev–Trinajstić information content (AvgIpc) is 2.41. The number of thioether (sulfide) groups is 1. The highest BCUT2D eigenvalue weighted by molar-refractivity contribution is 8.02. The number of para-hydroxylation sites is 1. The molecule has 0 atom stereocenters. The Morgan fingerprint density at radius 2 is 2.21 bits per heavy atom. The zero-order valence-electron chi connectivity index (χ0n) is 10.6. The lowest BCUT2D eigenvalue weighted by Crippen LogP contribution is -2.11. The van der Waals surface area contributed by atoms with Crippen LogP contribution < -0.4 is 5.32 Å². The summed E-state index contributed by atoms with van der Waals surface area (Å²) in [7, 11) is 0. The van der Waals surface area contributed by atoms with Gasteiger partial charge in [-0.2, -0.15) is 5.26 Å². The van der Waals surface area contributed by atoms with E-state index in [1.807, 2.05) is 12.1 Å². The molecule has 0 aliphatic rings. The number of nitrogens with zero attached hydrogens (tertiary/aromatic N) is 1. The number of carbonyl (C=O) groups excluding carboxylic acids is 1. The molecule has 0 heterocycles. The van der Waals surface area contributed by atoms with Crippen molar-refractivity contribution in [2.45, 2.75) is 6.92 Å². The van der Waals surface area contributed by atoms with Crippen LogP contribution in [0.1, 0.15) is 6.92 Å². The molecule has 0 spiro atoms. The van der Waals surface area contributed by atoms with Gasteiger partial charge in [0.1, 0.15) is 6.07 Å². The van der Waals surface area contributed by atoms with E-state index in [4.69, 9.17) is 21.6 Å². The number of esters is 1. The third-order valence-electron chi connectivity index (χ3n) is 2.14. The normalized spacial score (nSPS) is 11.3. The monoisotopic (exact) mass is 296 g/mol. The first-order valence-corrected chi connectivity index (χ1v) is 7.11. The summed E-state index contributed by atoms with van der Waals surface area (Å²) in [5, 5.41) is 13.0. The SMILES string of the molecule is CCOC(=O)/C(C#N)=C(/Nc1ccccc1Cl)SC. The van der Waals surface area contributed by atoms with Crippen molar-refractivity contribution in [1.29, 1.82) is 5.26 Å². The zero-order chi connectivity index (χ0) is 14.3.